The van der Waals surface area contributed by atoms with Crippen LogP contribution in [0.15, 0.2) is 18.3 Å². The van der Waals surface area contributed by atoms with E-state index in [1.807, 2.05) is 0 Å². The van der Waals surface area contributed by atoms with Crippen LogP contribution in [-0.4, -0.2) is 4.57 Å². The SMILES string of the molecule is Cc1cc2c(ccn2C)c(F)c1F. The maximum atomic E-state index is 13.3. The summed E-state index contributed by atoms with van der Waals surface area (Å²) in [5, 5.41) is 0.339. The van der Waals surface area contributed by atoms with Crippen LogP contribution in [0.4, 0.5) is 8.78 Å². The van der Waals surface area contributed by atoms with Crippen LogP contribution in [0.5, 0.6) is 0 Å². The molecule has 0 bridgehead atoms. The summed E-state index contributed by atoms with van der Waals surface area (Å²) in [6, 6.07) is 3.22. The highest BCUT2D eigenvalue weighted by atomic mass is 19.2. The quantitative estimate of drug-likeness (QED) is 0.589. The van der Waals surface area contributed by atoms with Gasteiger partial charge < -0.3 is 4.57 Å². The summed E-state index contributed by atoms with van der Waals surface area (Å²) in [7, 11) is 1.80. The number of benzene rings is 1. The Morgan fingerprint density at radius 2 is 1.92 bits per heavy atom. The Kier molecular flexibility index (Phi) is 1.62. The lowest BCUT2D eigenvalue weighted by Crippen LogP contribution is -1.92. The number of fused-ring (bicyclic) bond motifs is 1. The molecule has 13 heavy (non-hydrogen) atoms. The van der Waals surface area contributed by atoms with Gasteiger partial charge in [-0.1, -0.05) is 0 Å². The molecule has 0 atom stereocenters. The van der Waals surface area contributed by atoms with E-state index in [9.17, 15) is 8.78 Å². The first-order valence-electron chi connectivity index (χ1n) is 4.01. The molecule has 0 aliphatic carbocycles. The molecule has 0 N–H and O–H groups in total. The summed E-state index contributed by atoms with van der Waals surface area (Å²) in [6.45, 7) is 1.56. The zero-order chi connectivity index (χ0) is 9.59. The number of nitrogens with zero attached hydrogens (tertiary/aromatic N) is 1. The van der Waals surface area contributed by atoms with Gasteiger partial charge in [-0.05, 0) is 24.6 Å². The van der Waals surface area contributed by atoms with Crippen molar-refractivity contribution in [1.29, 1.82) is 0 Å². The second-order valence-electron chi connectivity index (χ2n) is 3.18. The largest absolute Gasteiger partial charge is 0.350 e. The third-order valence-corrected chi connectivity index (χ3v) is 2.25. The Morgan fingerprint density at radius 3 is 2.62 bits per heavy atom. The van der Waals surface area contributed by atoms with Crippen molar-refractivity contribution in [2.24, 2.45) is 7.05 Å². The van der Waals surface area contributed by atoms with Gasteiger partial charge in [0.25, 0.3) is 0 Å². The van der Waals surface area contributed by atoms with Crippen molar-refractivity contribution < 1.29 is 8.78 Å². The highest BCUT2D eigenvalue weighted by Gasteiger charge is 2.11. The van der Waals surface area contributed by atoms with E-state index < -0.39 is 11.6 Å². The predicted octanol–water partition coefficient (Wildman–Crippen LogP) is 2.76. The molecule has 0 unspecified atom stereocenters. The molecule has 0 aliphatic rings. The first-order valence-corrected chi connectivity index (χ1v) is 4.01. The van der Waals surface area contributed by atoms with E-state index in [1.165, 1.54) is 0 Å². The van der Waals surface area contributed by atoms with E-state index in [0.717, 1.165) is 5.52 Å². The fraction of sp³-hybridized carbons (Fsp3) is 0.200. The van der Waals surface area contributed by atoms with Crippen LogP contribution in [0.3, 0.4) is 0 Å². The van der Waals surface area contributed by atoms with Crippen LogP contribution in [-0.2, 0) is 7.05 Å². The minimum absolute atomic E-state index is 0.339. The molecule has 0 saturated heterocycles. The monoisotopic (exact) mass is 181 g/mol. The summed E-state index contributed by atoms with van der Waals surface area (Å²) in [5.41, 5.74) is 1.06. The fourth-order valence-corrected chi connectivity index (χ4v) is 1.47. The van der Waals surface area contributed by atoms with E-state index in [1.54, 1.807) is 36.9 Å². The number of aryl methyl sites for hydroxylation is 2. The lowest BCUT2D eigenvalue weighted by molar-refractivity contribution is 0.511. The van der Waals surface area contributed by atoms with Gasteiger partial charge in [-0.15, -0.1) is 0 Å². The molecule has 1 nitrogen and oxygen atoms in total. The molecular weight excluding hydrogens is 172 g/mol. The van der Waals surface area contributed by atoms with Gasteiger partial charge >= 0.3 is 0 Å². The molecule has 1 aromatic carbocycles. The Balaban J connectivity index is 2.96. The van der Waals surface area contributed by atoms with Gasteiger partial charge in [0.05, 0.1) is 5.52 Å². The van der Waals surface area contributed by atoms with E-state index in [-0.39, 0.29) is 0 Å². The number of rotatable bonds is 0. The second-order valence-corrected chi connectivity index (χ2v) is 3.18. The smallest absolute Gasteiger partial charge is 0.168 e. The number of aromatic nitrogens is 1. The van der Waals surface area contributed by atoms with E-state index >= 15 is 0 Å². The highest BCUT2D eigenvalue weighted by molar-refractivity contribution is 5.81. The van der Waals surface area contributed by atoms with Crippen molar-refractivity contribution in [3.63, 3.8) is 0 Å². The predicted molar refractivity (Wildman–Crippen MR) is 47.6 cm³/mol. The Bertz CT molecular complexity index is 471. The molecule has 2 aromatic rings. The van der Waals surface area contributed by atoms with Crippen molar-refractivity contribution >= 4 is 10.9 Å². The zero-order valence-electron chi connectivity index (χ0n) is 7.44. The van der Waals surface area contributed by atoms with Crippen LogP contribution < -0.4 is 0 Å². The molecule has 0 radical (unpaired) electrons. The zero-order valence-corrected chi connectivity index (χ0v) is 7.44. The molecular formula is C10H9F2N. The van der Waals surface area contributed by atoms with Crippen LogP contribution in [0.2, 0.25) is 0 Å². The first-order chi connectivity index (χ1) is 6.11. The molecule has 0 amide bonds. The van der Waals surface area contributed by atoms with Gasteiger partial charge in [0, 0.05) is 18.6 Å². The van der Waals surface area contributed by atoms with Gasteiger partial charge in [-0.25, -0.2) is 8.78 Å². The van der Waals surface area contributed by atoms with Gasteiger partial charge in [-0.2, -0.15) is 0 Å². The van der Waals surface area contributed by atoms with Crippen molar-refractivity contribution in [3.05, 3.63) is 35.5 Å². The summed E-state index contributed by atoms with van der Waals surface area (Å²) in [6.07, 6.45) is 1.71. The van der Waals surface area contributed by atoms with Crippen molar-refractivity contribution in [3.8, 4) is 0 Å². The van der Waals surface area contributed by atoms with Gasteiger partial charge in [-0.3, -0.25) is 0 Å². The van der Waals surface area contributed by atoms with Crippen molar-refractivity contribution in [1.82, 2.24) is 4.57 Å². The van der Waals surface area contributed by atoms with E-state index in [4.69, 9.17) is 0 Å². The summed E-state index contributed by atoms with van der Waals surface area (Å²) < 4.78 is 28.1. The third-order valence-electron chi connectivity index (χ3n) is 2.25. The topological polar surface area (TPSA) is 4.93 Å². The summed E-state index contributed by atoms with van der Waals surface area (Å²) in [4.78, 5) is 0. The van der Waals surface area contributed by atoms with Crippen LogP contribution in [0, 0.1) is 18.6 Å². The minimum atomic E-state index is -0.754. The normalized spacial score (nSPS) is 11.1. The molecule has 3 heteroatoms. The van der Waals surface area contributed by atoms with Crippen LogP contribution >= 0.6 is 0 Å². The van der Waals surface area contributed by atoms with E-state index in [0.29, 0.717) is 10.9 Å². The lowest BCUT2D eigenvalue weighted by atomic mass is 10.1. The maximum Gasteiger partial charge on any atom is 0.168 e. The molecule has 0 fully saturated rings. The highest BCUT2D eigenvalue weighted by Crippen LogP contribution is 2.23. The number of halogens is 2. The first kappa shape index (κ1) is 8.23. The summed E-state index contributed by atoms with van der Waals surface area (Å²) >= 11 is 0. The molecule has 68 valence electrons. The van der Waals surface area contributed by atoms with Crippen LogP contribution in [0.25, 0.3) is 10.9 Å². The minimum Gasteiger partial charge on any atom is -0.350 e. The number of hydrogen-bond donors (Lipinski definition) is 0. The Hall–Kier alpha value is -1.38. The van der Waals surface area contributed by atoms with Gasteiger partial charge in [0.1, 0.15) is 0 Å². The van der Waals surface area contributed by atoms with Gasteiger partial charge in [0.15, 0.2) is 11.6 Å². The fourth-order valence-electron chi connectivity index (χ4n) is 1.47. The number of hydrogen-bond acceptors (Lipinski definition) is 0. The Labute approximate surface area is 74.6 Å². The molecule has 0 aliphatic heterocycles. The second kappa shape index (κ2) is 2.55. The molecule has 2 rings (SSSR count). The van der Waals surface area contributed by atoms with Crippen LogP contribution in [0.1, 0.15) is 5.56 Å². The maximum absolute atomic E-state index is 13.3. The molecule has 0 spiro atoms. The third kappa shape index (κ3) is 1.03. The average Bonchev–Trinajstić information content (AvgIpc) is 2.45. The van der Waals surface area contributed by atoms with Crippen molar-refractivity contribution in [2.75, 3.05) is 0 Å². The van der Waals surface area contributed by atoms with Crippen molar-refractivity contribution in [2.45, 2.75) is 6.92 Å². The average molecular weight is 181 g/mol. The Morgan fingerprint density at radius 1 is 1.23 bits per heavy atom. The lowest BCUT2D eigenvalue weighted by Gasteiger charge is -2.01. The van der Waals surface area contributed by atoms with E-state index in [2.05, 4.69) is 0 Å². The molecule has 1 heterocycles. The standard InChI is InChI=1S/C10H9F2N/c1-6-5-8-7(3-4-13(8)2)10(12)9(6)11/h3-5H,1-2H3. The van der Waals surface area contributed by atoms with Gasteiger partial charge in [0.2, 0.25) is 0 Å². The molecule has 1 aromatic heterocycles. The molecule has 0 saturated carbocycles. The summed E-state index contributed by atoms with van der Waals surface area (Å²) in [5.74, 6) is -1.51.